The summed E-state index contributed by atoms with van der Waals surface area (Å²) in [5, 5.41) is 12.4. The number of nitriles is 1. The van der Waals surface area contributed by atoms with Crippen LogP contribution in [0.15, 0.2) is 70.5 Å². The van der Waals surface area contributed by atoms with Crippen LogP contribution in [0.4, 0.5) is 10.1 Å². The molecule has 2 aromatic carbocycles. The second-order valence-electron chi connectivity index (χ2n) is 8.05. The van der Waals surface area contributed by atoms with Gasteiger partial charge in [0, 0.05) is 34.3 Å². The van der Waals surface area contributed by atoms with Gasteiger partial charge in [-0.25, -0.2) is 9.37 Å². The molecule has 2 amide bonds. The summed E-state index contributed by atoms with van der Waals surface area (Å²) >= 11 is 6.12. The quantitative estimate of drug-likeness (QED) is 0.349. The number of ether oxygens (including phenoxy) is 1. The number of amides is 2. The van der Waals surface area contributed by atoms with Crippen molar-refractivity contribution in [2.75, 3.05) is 12.4 Å². The lowest BCUT2D eigenvalue weighted by molar-refractivity contribution is -0.119. The van der Waals surface area contributed by atoms with E-state index in [0.717, 1.165) is 16.7 Å². The lowest BCUT2D eigenvalue weighted by Crippen LogP contribution is -2.34. The van der Waals surface area contributed by atoms with E-state index in [9.17, 15) is 24.0 Å². The molecule has 0 aliphatic heterocycles. The maximum absolute atomic E-state index is 14.3. The van der Waals surface area contributed by atoms with Crippen LogP contribution in [0, 0.1) is 17.1 Å². The number of rotatable bonds is 8. The SMILES string of the molecule is COc1cn(C(Cc2cocn2)C(=O)Nc2ccc(C(N)=O)c(F)c2)c(=O)cc1-c1cc(Cl)ccc1C#N. The number of oxazole rings is 1. The molecule has 12 heteroatoms. The van der Waals surface area contributed by atoms with E-state index in [1.807, 2.05) is 0 Å². The molecule has 4 aromatic rings. The third-order valence-electron chi connectivity index (χ3n) is 5.68. The normalized spacial score (nSPS) is 11.4. The van der Waals surface area contributed by atoms with Crippen molar-refractivity contribution in [2.45, 2.75) is 12.5 Å². The Morgan fingerprint density at radius 3 is 2.68 bits per heavy atom. The van der Waals surface area contributed by atoms with Gasteiger partial charge in [0.2, 0.25) is 5.91 Å². The van der Waals surface area contributed by atoms with Gasteiger partial charge < -0.3 is 20.2 Å². The summed E-state index contributed by atoms with van der Waals surface area (Å²) in [5.41, 5.74) is 5.56. The predicted octanol–water partition coefficient (Wildman–Crippen LogP) is 3.70. The fourth-order valence-electron chi connectivity index (χ4n) is 3.85. The first-order valence-electron chi connectivity index (χ1n) is 11.0. The molecule has 3 N–H and O–H groups in total. The summed E-state index contributed by atoms with van der Waals surface area (Å²) in [6.07, 6.45) is 3.77. The van der Waals surface area contributed by atoms with Crippen LogP contribution in [0.2, 0.25) is 5.02 Å². The number of nitrogens with one attached hydrogen (secondary N) is 1. The van der Waals surface area contributed by atoms with Gasteiger partial charge in [-0.2, -0.15) is 5.26 Å². The van der Waals surface area contributed by atoms with Crippen molar-refractivity contribution in [2.24, 2.45) is 5.73 Å². The molecule has 38 heavy (non-hydrogen) atoms. The van der Waals surface area contributed by atoms with Crippen LogP contribution in [0.25, 0.3) is 11.1 Å². The van der Waals surface area contributed by atoms with Crippen molar-refractivity contribution in [3.8, 4) is 22.9 Å². The second-order valence-corrected chi connectivity index (χ2v) is 8.49. The zero-order chi connectivity index (χ0) is 27.4. The van der Waals surface area contributed by atoms with Crippen molar-refractivity contribution in [3.63, 3.8) is 0 Å². The first kappa shape index (κ1) is 26.1. The van der Waals surface area contributed by atoms with Gasteiger partial charge in [-0.05, 0) is 36.4 Å². The fourth-order valence-corrected chi connectivity index (χ4v) is 4.03. The molecule has 1 atom stereocenters. The molecule has 0 saturated carbocycles. The van der Waals surface area contributed by atoms with Crippen LogP contribution < -0.4 is 21.3 Å². The highest BCUT2D eigenvalue weighted by molar-refractivity contribution is 6.31. The van der Waals surface area contributed by atoms with Gasteiger partial charge in [-0.15, -0.1) is 0 Å². The highest BCUT2D eigenvalue weighted by Crippen LogP contribution is 2.33. The molecule has 0 radical (unpaired) electrons. The average molecular weight is 536 g/mol. The number of hydrogen-bond acceptors (Lipinski definition) is 7. The molecular formula is C26H19ClFN5O5. The molecule has 0 saturated heterocycles. The summed E-state index contributed by atoms with van der Waals surface area (Å²) < 4.78 is 25.9. The first-order valence-corrected chi connectivity index (χ1v) is 11.4. The number of aromatic nitrogens is 2. The number of hydrogen-bond donors (Lipinski definition) is 2. The monoisotopic (exact) mass is 535 g/mol. The number of anilines is 1. The van der Waals surface area contributed by atoms with E-state index < -0.39 is 29.2 Å². The molecule has 4 rings (SSSR count). The van der Waals surface area contributed by atoms with Crippen molar-refractivity contribution >= 4 is 29.1 Å². The summed E-state index contributed by atoms with van der Waals surface area (Å²) in [5.74, 6) is -2.36. The topological polar surface area (TPSA) is 153 Å². The smallest absolute Gasteiger partial charge is 0.252 e. The van der Waals surface area contributed by atoms with Gasteiger partial charge >= 0.3 is 0 Å². The summed E-state index contributed by atoms with van der Waals surface area (Å²) in [6.45, 7) is 0. The summed E-state index contributed by atoms with van der Waals surface area (Å²) in [7, 11) is 1.38. The molecular weight excluding hydrogens is 517 g/mol. The second kappa shape index (κ2) is 11.0. The molecule has 2 heterocycles. The Morgan fingerprint density at radius 2 is 2.05 bits per heavy atom. The van der Waals surface area contributed by atoms with Crippen molar-refractivity contribution in [3.05, 3.63) is 99.3 Å². The Hall–Kier alpha value is -4.95. The molecule has 0 aliphatic carbocycles. The number of methoxy groups -OCH3 is 1. The number of carbonyl (C=O) groups excluding carboxylic acids is 2. The van der Waals surface area contributed by atoms with E-state index in [1.54, 1.807) is 6.07 Å². The van der Waals surface area contributed by atoms with Crippen LogP contribution in [0.5, 0.6) is 5.75 Å². The average Bonchev–Trinajstić information content (AvgIpc) is 3.40. The minimum atomic E-state index is -1.18. The highest BCUT2D eigenvalue weighted by Gasteiger charge is 2.26. The third kappa shape index (κ3) is 5.40. The first-order chi connectivity index (χ1) is 18.2. The van der Waals surface area contributed by atoms with Gasteiger partial charge in [0.25, 0.3) is 11.5 Å². The van der Waals surface area contributed by atoms with Gasteiger partial charge in [0.05, 0.1) is 36.2 Å². The number of halogens is 2. The number of carbonyl (C=O) groups is 2. The van der Waals surface area contributed by atoms with Crippen molar-refractivity contribution < 1.29 is 23.1 Å². The largest absolute Gasteiger partial charge is 0.495 e. The lowest BCUT2D eigenvalue weighted by Gasteiger charge is -2.21. The third-order valence-corrected chi connectivity index (χ3v) is 5.92. The standard InChI is InChI=1S/C26H19ClFN5O5/c1-37-23-11-33(24(34)9-20(23)19-6-15(27)3-2-14(19)10-29)22(8-17-12-38-13-31-17)26(36)32-16-4-5-18(25(30)35)21(28)7-16/h2-7,9,11-13,22H,8H2,1H3,(H2,30,35)(H,32,36). The fraction of sp³-hybridized carbons (Fsp3) is 0.115. The van der Waals surface area contributed by atoms with E-state index in [1.165, 1.54) is 50.2 Å². The van der Waals surface area contributed by atoms with Crippen LogP contribution >= 0.6 is 11.6 Å². The van der Waals surface area contributed by atoms with Crippen LogP contribution in [0.3, 0.4) is 0 Å². The Bertz CT molecular complexity index is 1630. The summed E-state index contributed by atoms with van der Waals surface area (Å²) in [4.78, 5) is 42.0. The van der Waals surface area contributed by atoms with Crippen molar-refractivity contribution in [1.82, 2.24) is 9.55 Å². The molecule has 10 nitrogen and oxygen atoms in total. The van der Waals surface area contributed by atoms with E-state index in [4.69, 9.17) is 26.5 Å². The maximum atomic E-state index is 14.3. The Balaban J connectivity index is 1.78. The molecule has 1 unspecified atom stereocenters. The molecule has 0 fully saturated rings. The number of pyridine rings is 1. The zero-order valence-electron chi connectivity index (χ0n) is 19.8. The van der Waals surface area contributed by atoms with Crippen LogP contribution in [0.1, 0.15) is 27.7 Å². The van der Waals surface area contributed by atoms with Crippen LogP contribution in [-0.2, 0) is 11.2 Å². The van der Waals surface area contributed by atoms with Gasteiger partial charge in [0.15, 0.2) is 6.39 Å². The van der Waals surface area contributed by atoms with Gasteiger partial charge in [-0.1, -0.05) is 11.6 Å². The minimum absolute atomic E-state index is 0.0388. The van der Waals surface area contributed by atoms with E-state index in [-0.39, 0.29) is 29.0 Å². The maximum Gasteiger partial charge on any atom is 0.252 e. The van der Waals surface area contributed by atoms with Gasteiger partial charge in [-0.3, -0.25) is 19.0 Å². The number of nitrogens with two attached hydrogens (primary N) is 1. The Kier molecular flexibility index (Phi) is 7.55. The van der Waals surface area contributed by atoms with E-state index >= 15 is 0 Å². The molecule has 192 valence electrons. The Morgan fingerprint density at radius 1 is 1.26 bits per heavy atom. The van der Waals surface area contributed by atoms with E-state index in [0.29, 0.717) is 21.8 Å². The van der Waals surface area contributed by atoms with E-state index in [2.05, 4.69) is 16.4 Å². The zero-order valence-corrected chi connectivity index (χ0v) is 20.5. The predicted molar refractivity (Wildman–Crippen MR) is 135 cm³/mol. The number of primary amides is 1. The molecule has 0 spiro atoms. The number of benzene rings is 2. The van der Waals surface area contributed by atoms with Crippen molar-refractivity contribution in [1.29, 1.82) is 5.26 Å². The van der Waals surface area contributed by atoms with Crippen LogP contribution in [-0.4, -0.2) is 28.5 Å². The number of nitrogens with zero attached hydrogens (tertiary/aromatic N) is 3. The van der Waals surface area contributed by atoms with Gasteiger partial charge in [0.1, 0.15) is 23.9 Å². The molecule has 0 aliphatic rings. The minimum Gasteiger partial charge on any atom is -0.495 e. The molecule has 2 aromatic heterocycles. The highest BCUT2D eigenvalue weighted by atomic mass is 35.5. The lowest BCUT2D eigenvalue weighted by atomic mass is 10.00. The Labute approximate surface area is 220 Å². The summed E-state index contributed by atoms with van der Waals surface area (Å²) in [6, 6.07) is 10.1. The molecule has 0 bridgehead atoms.